The quantitative estimate of drug-likeness (QED) is 0.665. The Labute approximate surface area is 200 Å². The number of nitrogens with zero attached hydrogens (tertiary/aromatic N) is 5. The second-order valence-corrected chi connectivity index (χ2v) is 9.04. The van der Waals surface area contributed by atoms with Gasteiger partial charge in [0.15, 0.2) is 5.15 Å². The van der Waals surface area contributed by atoms with Crippen LogP contribution < -0.4 is 10.2 Å². The summed E-state index contributed by atoms with van der Waals surface area (Å²) in [4.78, 5) is 45.0. The van der Waals surface area contributed by atoms with Crippen molar-refractivity contribution in [3.05, 3.63) is 57.3 Å². The van der Waals surface area contributed by atoms with E-state index in [0.717, 1.165) is 49.5 Å². The molecular weight excluding hydrogens is 467 g/mol. The van der Waals surface area contributed by atoms with Crippen LogP contribution in [0.25, 0.3) is 0 Å². The number of hydrogen-bond donors (Lipinski definition) is 1. The standard InChI is InChI=1S/C22H22Cl2N6O3/c23-17-3-5-25-20(24)19(17)28-9-7-27(8-10-28)12-14-1-2-16-15(11-14)13-30(21(16)32)29-6-4-18(31)26-22(29)33/h1-3,5,11H,4,6-10,12-13H2,(H,26,31,33). The fourth-order valence-corrected chi connectivity index (χ4v) is 5.11. The molecule has 0 atom stereocenters. The largest absolute Gasteiger partial charge is 0.365 e. The molecule has 4 amide bonds. The molecule has 11 heteroatoms. The summed E-state index contributed by atoms with van der Waals surface area (Å²) < 4.78 is 0. The highest BCUT2D eigenvalue weighted by molar-refractivity contribution is 6.38. The zero-order chi connectivity index (χ0) is 23.1. The highest BCUT2D eigenvalue weighted by atomic mass is 35.5. The molecule has 9 nitrogen and oxygen atoms in total. The van der Waals surface area contributed by atoms with Crippen molar-refractivity contribution in [1.29, 1.82) is 0 Å². The molecule has 1 aromatic carbocycles. The maximum Gasteiger partial charge on any atom is 0.342 e. The molecule has 0 unspecified atom stereocenters. The zero-order valence-electron chi connectivity index (χ0n) is 17.8. The maximum absolute atomic E-state index is 12.8. The molecule has 33 heavy (non-hydrogen) atoms. The van der Waals surface area contributed by atoms with Crippen LogP contribution in [0.5, 0.6) is 0 Å². The number of anilines is 1. The molecular formula is C22H22Cl2N6O3. The first-order valence-electron chi connectivity index (χ1n) is 10.7. The van der Waals surface area contributed by atoms with Crippen LogP contribution in [0.1, 0.15) is 27.9 Å². The molecule has 4 heterocycles. The van der Waals surface area contributed by atoms with Crippen LogP contribution in [-0.4, -0.2) is 70.5 Å². The van der Waals surface area contributed by atoms with Gasteiger partial charge in [0, 0.05) is 50.9 Å². The van der Waals surface area contributed by atoms with Gasteiger partial charge in [-0.25, -0.2) is 19.8 Å². The molecule has 1 aromatic heterocycles. The first-order valence-corrected chi connectivity index (χ1v) is 11.5. The van der Waals surface area contributed by atoms with E-state index in [9.17, 15) is 14.4 Å². The van der Waals surface area contributed by atoms with Crippen LogP contribution in [0.4, 0.5) is 10.5 Å². The highest BCUT2D eigenvalue weighted by Gasteiger charge is 2.37. The average molecular weight is 489 g/mol. The number of pyridine rings is 1. The number of halogens is 2. The van der Waals surface area contributed by atoms with Crippen molar-refractivity contribution in [1.82, 2.24) is 25.2 Å². The summed E-state index contributed by atoms with van der Waals surface area (Å²) in [5, 5.41) is 6.01. The Balaban J connectivity index is 1.23. The number of piperazine rings is 1. The highest BCUT2D eigenvalue weighted by Crippen LogP contribution is 2.32. The molecule has 2 fully saturated rings. The Morgan fingerprint density at radius 3 is 2.48 bits per heavy atom. The minimum absolute atomic E-state index is 0.179. The normalized spacial score (nSPS) is 19.2. The van der Waals surface area contributed by atoms with Gasteiger partial charge >= 0.3 is 6.03 Å². The number of rotatable bonds is 4. The van der Waals surface area contributed by atoms with Gasteiger partial charge in [0.05, 0.1) is 23.8 Å². The summed E-state index contributed by atoms with van der Waals surface area (Å²) >= 11 is 12.6. The minimum Gasteiger partial charge on any atom is -0.365 e. The number of hydrazine groups is 1. The van der Waals surface area contributed by atoms with Crippen molar-refractivity contribution < 1.29 is 14.4 Å². The summed E-state index contributed by atoms with van der Waals surface area (Å²) in [6, 6.07) is 7.00. The van der Waals surface area contributed by atoms with Gasteiger partial charge in [-0.3, -0.25) is 19.8 Å². The molecule has 0 spiro atoms. The van der Waals surface area contributed by atoms with Gasteiger partial charge in [0.25, 0.3) is 5.91 Å². The molecule has 0 radical (unpaired) electrons. The number of urea groups is 1. The number of fused-ring (bicyclic) bond motifs is 1. The Bertz CT molecular complexity index is 1110. The van der Waals surface area contributed by atoms with E-state index in [1.54, 1.807) is 12.3 Å². The Morgan fingerprint density at radius 2 is 1.76 bits per heavy atom. The number of amides is 4. The molecule has 2 saturated heterocycles. The zero-order valence-corrected chi connectivity index (χ0v) is 19.3. The summed E-state index contributed by atoms with van der Waals surface area (Å²) in [5.74, 6) is -0.546. The predicted octanol–water partition coefficient (Wildman–Crippen LogP) is 2.52. The van der Waals surface area contributed by atoms with Crippen molar-refractivity contribution in [2.45, 2.75) is 19.5 Å². The first-order chi connectivity index (χ1) is 15.9. The van der Waals surface area contributed by atoms with E-state index in [4.69, 9.17) is 23.2 Å². The third-order valence-electron chi connectivity index (χ3n) is 6.20. The number of nitrogens with one attached hydrogen (secondary N) is 1. The Morgan fingerprint density at radius 1 is 0.970 bits per heavy atom. The number of carbonyl (C=O) groups excluding carboxylic acids is 3. The lowest BCUT2D eigenvalue weighted by molar-refractivity contribution is -0.123. The minimum atomic E-state index is -0.556. The number of imide groups is 1. The molecule has 3 aliphatic heterocycles. The van der Waals surface area contributed by atoms with Crippen LogP contribution in [0.15, 0.2) is 30.5 Å². The fraction of sp³-hybridized carbons (Fsp3) is 0.364. The molecule has 0 bridgehead atoms. The van der Waals surface area contributed by atoms with E-state index < -0.39 is 6.03 Å². The van der Waals surface area contributed by atoms with Crippen LogP contribution in [0.2, 0.25) is 10.2 Å². The Hall–Kier alpha value is -2.88. The van der Waals surface area contributed by atoms with Gasteiger partial charge in [0.2, 0.25) is 5.91 Å². The van der Waals surface area contributed by atoms with Gasteiger partial charge in [-0.15, -0.1) is 0 Å². The number of hydrogen-bond acceptors (Lipinski definition) is 6. The lowest BCUT2D eigenvalue weighted by Crippen LogP contribution is -2.56. The van der Waals surface area contributed by atoms with Crippen molar-refractivity contribution in [3.8, 4) is 0 Å². The first kappa shape index (κ1) is 21.9. The van der Waals surface area contributed by atoms with E-state index in [1.807, 2.05) is 18.2 Å². The van der Waals surface area contributed by atoms with Crippen LogP contribution in [0, 0.1) is 0 Å². The molecule has 0 aliphatic carbocycles. The smallest absolute Gasteiger partial charge is 0.342 e. The molecule has 3 aliphatic rings. The van der Waals surface area contributed by atoms with Crippen LogP contribution >= 0.6 is 23.2 Å². The molecule has 172 valence electrons. The van der Waals surface area contributed by atoms with Crippen molar-refractivity contribution >= 4 is 46.7 Å². The number of aromatic nitrogens is 1. The van der Waals surface area contributed by atoms with Gasteiger partial charge < -0.3 is 4.90 Å². The second kappa shape index (κ2) is 8.81. The predicted molar refractivity (Wildman–Crippen MR) is 123 cm³/mol. The number of carbonyl (C=O) groups is 3. The van der Waals surface area contributed by atoms with Gasteiger partial charge in [-0.05, 0) is 23.3 Å². The lowest BCUT2D eigenvalue weighted by Gasteiger charge is -2.36. The second-order valence-electron chi connectivity index (χ2n) is 8.28. The summed E-state index contributed by atoms with van der Waals surface area (Å²) in [6.45, 7) is 4.51. The summed E-state index contributed by atoms with van der Waals surface area (Å²) in [6.07, 6.45) is 1.78. The fourth-order valence-electron chi connectivity index (χ4n) is 4.51. The van der Waals surface area contributed by atoms with E-state index in [-0.39, 0.29) is 24.8 Å². The third-order valence-corrected chi connectivity index (χ3v) is 6.78. The molecule has 5 rings (SSSR count). The van der Waals surface area contributed by atoms with Gasteiger partial charge in [-0.2, -0.15) is 0 Å². The van der Waals surface area contributed by atoms with Crippen LogP contribution in [0.3, 0.4) is 0 Å². The SMILES string of the molecule is O=C1CCN(N2Cc3cc(CN4CCN(c5c(Cl)ccnc5Cl)CC4)ccc3C2=O)C(=O)N1. The molecule has 2 aromatic rings. The average Bonchev–Trinajstić information content (AvgIpc) is 3.10. The molecule has 0 saturated carbocycles. The van der Waals surface area contributed by atoms with E-state index in [2.05, 4.69) is 20.1 Å². The summed E-state index contributed by atoms with van der Waals surface area (Å²) in [5.41, 5.74) is 3.36. The lowest BCUT2D eigenvalue weighted by atomic mass is 10.1. The van der Waals surface area contributed by atoms with Crippen molar-refractivity contribution in [2.24, 2.45) is 0 Å². The van der Waals surface area contributed by atoms with E-state index >= 15 is 0 Å². The molecule has 1 N–H and O–H groups in total. The number of benzene rings is 1. The summed E-state index contributed by atoms with van der Waals surface area (Å²) in [7, 11) is 0. The van der Waals surface area contributed by atoms with Crippen LogP contribution in [-0.2, 0) is 17.9 Å². The van der Waals surface area contributed by atoms with Crippen molar-refractivity contribution in [2.75, 3.05) is 37.6 Å². The topological polar surface area (TPSA) is 89.1 Å². The monoisotopic (exact) mass is 488 g/mol. The third kappa shape index (κ3) is 4.23. The van der Waals surface area contributed by atoms with E-state index in [1.165, 1.54) is 10.0 Å². The van der Waals surface area contributed by atoms with Gasteiger partial charge in [0.1, 0.15) is 0 Å². The maximum atomic E-state index is 12.8. The Kier molecular flexibility index (Phi) is 5.86. The van der Waals surface area contributed by atoms with Crippen molar-refractivity contribution in [3.63, 3.8) is 0 Å². The van der Waals surface area contributed by atoms with E-state index in [0.29, 0.717) is 22.3 Å². The van der Waals surface area contributed by atoms with Gasteiger partial charge in [-0.1, -0.05) is 35.3 Å².